The minimum Gasteiger partial charge on any atom is -0.490 e. The first kappa shape index (κ1) is 12.9. The molecule has 1 aliphatic rings. The lowest BCUT2D eigenvalue weighted by Gasteiger charge is -2.36. The van der Waals surface area contributed by atoms with E-state index in [1.165, 1.54) is 6.33 Å². The molecule has 1 aromatic rings. The van der Waals surface area contributed by atoms with Gasteiger partial charge < -0.3 is 20.5 Å². The lowest BCUT2D eigenvalue weighted by atomic mass is 9.94. The molecule has 0 spiro atoms. The first-order chi connectivity index (χ1) is 8.52. The molecular formula is C12H20N4O2. The summed E-state index contributed by atoms with van der Waals surface area (Å²) in [4.78, 5) is 8.09. The lowest BCUT2D eigenvalue weighted by molar-refractivity contribution is -0.0553. The number of nitrogens with one attached hydrogen (secondary N) is 1. The van der Waals surface area contributed by atoms with Crippen LogP contribution in [0, 0.1) is 0 Å². The van der Waals surface area contributed by atoms with Crippen molar-refractivity contribution in [3.05, 3.63) is 6.33 Å². The van der Waals surface area contributed by atoms with Crippen molar-refractivity contribution < 1.29 is 9.47 Å². The fraction of sp³-hybridized carbons (Fsp3) is 0.667. The molecule has 2 rings (SSSR count). The molecule has 6 nitrogen and oxygen atoms in total. The average Bonchev–Trinajstić information content (AvgIpc) is 2.28. The van der Waals surface area contributed by atoms with E-state index < -0.39 is 0 Å². The van der Waals surface area contributed by atoms with Gasteiger partial charge in [-0.05, 0) is 26.7 Å². The summed E-state index contributed by atoms with van der Waals surface area (Å²) < 4.78 is 10.9. The van der Waals surface area contributed by atoms with Crippen LogP contribution in [0.1, 0.15) is 26.7 Å². The van der Waals surface area contributed by atoms with E-state index in [-0.39, 0.29) is 5.60 Å². The number of aromatic nitrogens is 2. The van der Waals surface area contributed by atoms with Crippen LogP contribution in [0.25, 0.3) is 0 Å². The van der Waals surface area contributed by atoms with Crippen molar-refractivity contribution in [3.8, 4) is 5.75 Å². The molecule has 3 N–H and O–H groups in total. The van der Waals surface area contributed by atoms with Crippen molar-refractivity contribution in [1.82, 2.24) is 9.97 Å². The number of methoxy groups -OCH3 is 1. The Labute approximate surface area is 107 Å². The maximum atomic E-state index is 5.75. The van der Waals surface area contributed by atoms with Crippen LogP contribution in [0.5, 0.6) is 5.75 Å². The number of hydrogen-bond acceptors (Lipinski definition) is 6. The first-order valence-electron chi connectivity index (χ1n) is 6.07. The predicted molar refractivity (Wildman–Crippen MR) is 69.7 cm³/mol. The molecule has 0 aliphatic carbocycles. The van der Waals surface area contributed by atoms with Gasteiger partial charge in [-0.1, -0.05) is 0 Å². The summed E-state index contributed by atoms with van der Waals surface area (Å²) in [5.41, 5.74) is 5.64. The quantitative estimate of drug-likeness (QED) is 0.847. The third kappa shape index (κ3) is 2.81. The van der Waals surface area contributed by atoms with E-state index in [2.05, 4.69) is 29.1 Å². The zero-order valence-electron chi connectivity index (χ0n) is 11.1. The monoisotopic (exact) mass is 252 g/mol. The van der Waals surface area contributed by atoms with Gasteiger partial charge in [-0.25, -0.2) is 9.97 Å². The summed E-state index contributed by atoms with van der Waals surface area (Å²) in [6, 6.07) is 0.303. The molecule has 1 unspecified atom stereocenters. The van der Waals surface area contributed by atoms with Crippen molar-refractivity contribution >= 4 is 11.6 Å². The molecule has 18 heavy (non-hydrogen) atoms. The highest BCUT2D eigenvalue weighted by Gasteiger charge is 2.29. The van der Waals surface area contributed by atoms with Crippen molar-refractivity contribution in [2.45, 2.75) is 38.3 Å². The molecule has 6 heteroatoms. The zero-order chi connectivity index (χ0) is 13.2. The normalized spacial score (nSPS) is 22.5. The Hall–Kier alpha value is -1.56. The summed E-state index contributed by atoms with van der Waals surface area (Å²) in [6.07, 6.45) is 3.29. The van der Waals surface area contributed by atoms with Crippen LogP contribution in [0.2, 0.25) is 0 Å². The fourth-order valence-corrected chi connectivity index (χ4v) is 2.24. The van der Waals surface area contributed by atoms with Crippen LogP contribution in [0.3, 0.4) is 0 Å². The smallest absolute Gasteiger partial charge is 0.203 e. The molecule has 0 saturated carbocycles. The second-order valence-corrected chi connectivity index (χ2v) is 5.08. The Kier molecular flexibility index (Phi) is 3.56. The van der Waals surface area contributed by atoms with Gasteiger partial charge in [0.15, 0.2) is 11.6 Å². The van der Waals surface area contributed by atoms with Crippen LogP contribution in [-0.2, 0) is 4.74 Å². The largest absolute Gasteiger partial charge is 0.490 e. The van der Waals surface area contributed by atoms with Crippen molar-refractivity contribution in [3.63, 3.8) is 0 Å². The molecule has 2 heterocycles. The van der Waals surface area contributed by atoms with Gasteiger partial charge in [-0.3, -0.25) is 0 Å². The predicted octanol–water partition coefficient (Wildman–Crippen LogP) is 1.44. The lowest BCUT2D eigenvalue weighted by Crippen LogP contribution is -2.40. The van der Waals surface area contributed by atoms with Gasteiger partial charge >= 0.3 is 0 Å². The van der Waals surface area contributed by atoms with E-state index in [1.54, 1.807) is 7.11 Å². The second kappa shape index (κ2) is 4.97. The maximum Gasteiger partial charge on any atom is 0.203 e. The molecule has 100 valence electrons. The van der Waals surface area contributed by atoms with Gasteiger partial charge in [0.05, 0.1) is 12.7 Å². The van der Waals surface area contributed by atoms with E-state index in [0.29, 0.717) is 23.4 Å². The Morgan fingerprint density at radius 2 is 2.28 bits per heavy atom. The molecule has 1 aliphatic heterocycles. The van der Waals surface area contributed by atoms with E-state index in [1.807, 2.05) is 0 Å². The number of ether oxygens (including phenoxy) is 2. The Morgan fingerprint density at radius 1 is 1.50 bits per heavy atom. The number of nitrogens with zero attached hydrogens (tertiary/aromatic N) is 2. The average molecular weight is 252 g/mol. The van der Waals surface area contributed by atoms with Crippen LogP contribution < -0.4 is 15.8 Å². The minimum atomic E-state index is -0.109. The Bertz CT molecular complexity index is 423. The van der Waals surface area contributed by atoms with Crippen LogP contribution in [-0.4, -0.2) is 35.3 Å². The fourth-order valence-electron chi connectivity index (χ4n) is 2.24. The van der Waals surface area contributed by atoms with Crippen LogP contribution in [0.15, 0.2) is 6.33 Å². The summed E-state index contributed by atoms with van der Waals surface area (Å²) in [7, 11) is 1.56. The van der Waals surface area contributed by atoms with Crippen molar-refractivity contribution in [2.75, 3.05) is 24.8 Å². The van der Waals surface area contributed by atoms with Crippen molar-refractivity contribution in [2.24, 2.45) is 0 Å². The number of anilines is 2. The summed E-state index contributed by atoms with van der Waals surface area (Å²) in [6.45, 7) is 4.92. The van der Waals surface area contributed by atoms with Gasteiger partial charge in [0, 0.05) is 12.6 Å². The maximum absolute atomic E-state index is 5.75. The molecule has 0 aromatic carbocycles. The van der Waals surface area contributed by atoms with E-state index >= 15 is 0 Å². The number of rotatable bonds is 3. The number of nitrogen functional groups attached to an aromatic ring is 1. The SMILES string of the molecule is COc1c(N)ncnc1NC1CCOC(C)(C)C1. The molecule has 1 fully saturated rings. The molecule has 1 saturated heterocycles. The van der Waals surface area contributed by atoms with Gasteiger partial charge in [-0.2, -0.15) is 0 Å². The highest BCUT2D eigenvalue weighted by Crippen LogP contribution is 2.31. The third-order valence-corrected chi connectivity index (χ3v) is 3.07. The van der Waals surface area contributed by atoms with E-state index in [0.717, 1.165) is 19.4 Å². The summed E-state index contributed by atoms with van der Waals surface area (Å²) >= 11 is 0. The van der Waals surface area contributed by atoms with Crippen molar-refractivity contribution in [1.29, 1.82) is 0 Å². The van der Waals surface area contributed by atoms with Gasteiger partial charge in [0.25, 0.3) is 0 Å². The van der Waals surface area contributed by atoms with Gasteiger partial charge in [0.2, 0.25) is 5.75 Å². The molecule has 0 bridgehead atoms. The second-order valence-electron chi connectivity index (χ2n) is 5.08. The van der Waals surface area contributed by atoms with Crippen LogP contribution >= 0.6 is 0 Å². The summed E-state index contributed by atoms with van der Waals surface area (Å²) in [5, 5.41) is 3.36. The minimum absolute atomic E-state index is 0.109. The molecule has 0 amide bonds. The van der Waals surface area contributed by atoms with Crippen LogP contribution in [0.4, 0.5) is 11.6 Å². The number of hydrogen-bond donors (Lipinski definition) is 2. The topological polar surface area (TPSA) is 82.3 Å². The van der Waals surface area contributed by atoms with E-state index in [4.69, 9.17) is 15.2 Å². The molecular weight excluding hydrogens is 232 g/mol. The van der Waals surface area contributed by atoms with Gasteiger partial charge in [0.1, 0.15) is 6.33 Å². The molecule has 0 radical (unpaired) electrons. The highest BCUT2D eigenvalue weighted by atomic mass is 16.5. The standard InChI is InChI=1S/C12H20N4O2/c1-12(2)6-8(4-5-18-12)16-11-9(17-3)10(13)14-7-15-11/h7-8H,4-6H2,1-3H3,(H3,13,14,15,16). The Balaban J connectivity index is 2.12. The van der Waals surface area contributed by atoms with E-state index in [9.17, 15) is 0 Å². The highest BCUT2D eigenvalue weighted by molar-refractivity contribution is 5.61. The Morgan fingerprint density at radius 3 is 2.94 bits per heavy atom. The summed E-state index contributed by atoms with van der Waals surface area (Å²) in [5.74, 6) is 1.50. The third-order valence-electron chi connectivity index (χ3n) is 3.07. The number of nitrogens with two attached hydrogens (primary N) is 1. The first-order valence-corrected chi connectivity index (χ1v) is 6.07. The molecule has 1 aromatic heterocycles. The molecule has 1 atom stereocenters. The van der Waals surface area contributed by atoms with Gasteiger partial charge in [-0.15, -0.1) is 0 Å². The zero-order valence-corrected chi connectivity index (χ0v) is 11.1.